The molecular formula is C12H22N2O2. The largest absolute Gasteiger partial charge is 0.385 e. The SMILES string of the molecule is C#CC(C)(C)NC(C)C(=O)NCCCOC. The minimum atomic E-state index is -0.469. The van der Waals surface area contributed by atoms with Crippen molar-refractivity contribution < 1.29 is 9.53 Å². The number of methoxy groups -OCH3 is 1. The van der Waals surface area contributed by atoms with Gasteiger partial charge in [-0.1, -0.05) is 5.92 Å². The van der Waals surface area contributed by atoms with Crippen LogP contribution in [0.25, 0.3) is 0 Å². The van der Waals surface area contributed by atoms with Gasteiger partial charge >= 0.3 is 0 Å². The minimum absolute atomic E-state index is 0.0422. The van der Waals surface area contributed by atoms with E-state index in [9.17, 15) is 4.79 Å². The summed E-state index contributed by atoms with van der Waals surface area (Å²) < 4.78 is 4.89. The van der Waals surface area contributed by atoms with Gasteiger partial charge in [-0.05, 0) is 27.2 Å². The summed E-state index contributed by atoms with van der Waals surface area (Å²) in [5.74, 6) is 2.55. The molecule has 0 aliphatic rings. The number of hydrogen-bond donors (Lipinski definition) is 2. The van der Waals surface area contributed by atoms with Gasteiger partial charge in [0.15, 0.2) is 0 Å². The molecule has 4 heteroatoms. The van der Waals surface area contributed by atoms with Gasteiger partial charge in [-0.25, -0.2) is 0 Å². The first-order valence-corrected chi connectivity index (χ1v) is 5.45. The van der Waals surface area contributed by atoms with Crippen LogP contribution in [0.2, 0.25) is 0 Å². The summed E-state index contributed by atoms with van der Waals surface area (Å²) >= 11 is 0. The van der Waals surface area contributed by atoms with Crippen LogP contribution in [0.15, 0.2) is 0 Å². The van der Waals surface area contributed by atoms with E-state index in [2.05, 4.69) is 16.6 Å². The molecule has 1 amide bonds. The molecule has 16 heavy (non-hydrogen) atoms. The Hall–Kier alpha value is -1.05. The molecule has 0 aromatic carbocycles. The Morgan fingerprint density at radius 1 is 1.56 bits per heavy atom. The molecule has 0 radical (unpaired) electrons. The predicted octanol–water partition coefficient (Wildman–Crippen LogP) is 0.529. The number of carbonyl (C=O) groups is 1. The van der Waals surface area contributed by atoms with E-state index < -0.39 is 5.54 Å². The molecular weight excluding hydrogens is 204 g/mol. The number of terminal acetylenes is 1. The van der Waals surface area contributed by atoms with E-state index in [1.54, 1.807) is 14.0 Å². The van der Waals surface area contributed by atoms with Crippen molar-refractivity contribution in [2.24, 2.45) is 0 Å². The summed E-state index contributed by atoms with van der Waals surface area (Å²) in [5, 5.41) is 5.88. The molecule has 0 saturated carbocycles. The molecule has 0 aliphatic carbocycles. The predicted molar refractivity (Wildman–Crippen MR) is 65.0 cm³/mol. The molecule has 0 spiro atoms. The third kappa shape index (κ3) is 6.44. The topological polar surface area (TPSA) is 50.4 Å². The van der Waals surface area contributed by atoms with Crippen LogP contribution < -0.4 is 10.6 Å². The van der Waals surface area contributed by atoms with Gasteiger partial charge in [-0.3, -0.25) is 10.1 Å². The molecule has 0 aromatic rings. The van der Waals surface area contributed by atoms with Gasteiger partial charge < -0.3 is 10.1 Å². The highest BCUT2D eigenvalue weighted by atomic mass is 16.5. The van der Waals surface area contributed by atoms with Gasteiger partial charge in [-0.15, -0.1) is 6.42 Å². The van der Waals surface area contributed by atoms with Gasteiger partial charge in [0.1, 0.15) is 0 Å². The molecule has 0 fully saturated rings. The molecule has 0 saturated heterocycles. The third-order valence-electron chi connectivity index (χ3n) is 2.16. The van der Waals surface area contributed by atoms with Crippen molar-refractivity contribution >= 4 is 5.91 Å². The monoisotopic (exact) mass is 226 g/mol. The van der Waals surface area contributed by atoms with E-state index >= 15 is 0 Å². The van der Waals surface area contributed by atoms with Crippen LogP contribution in [0.3, 0.4) is 0 Å². The highest BCUT2D eigenvalue weighted by Gasteiger charge is 2.20. The zero-order chi connectivity index (χ0) is 12.6. The lowest BCUT2D eigenvalue weighted by molar-refractivity contribution is -0.123. The maximum absolute atomic E-state index is 11.6. The normalized spacial score (nSPS) is 12.9. The number of carbonyl (C=O) groups excluding carboxylic acids is 1. The Kier molecular flexibility index (Phi) is 6.78. The van der Waals surface area contributed by atoms with Crippen molar-refractivity contribution in [3.8, 4) is 12.3 Å². The fourth-order valence-corrected chi connectivity index (χ4v) is 1.23. The maximum Gasteiger partial charge on any atom is 0.236 e. The lowest BCUT2D eigenvalue weighted by atomic mass is 10.1. The van der Waals surface area contributed by atoms with Crippen LogP contribution in [0.4, 0.5) is 0 Å². The van der Waals surface area contributed by atoms with Crippen LogP contribution >= 0.6 is 0 Å². The van der Waals surface area contributed by atoms with Crippen molar-refractivity contribution in [2.75, 3.05) is 20.3 Å². The molecule has 4 nitrogen and oxygen atoms in total. The molecule has 0 bridgehead atoms. The molecule has 2 N–H and O–H groups in total. The molecule has 1 unspecified atom stereocenters. The van der Waals surface area contributed by atoms with Crippen LogP contribution in [0.5, 0.6) is 0 Å². The number of amides is 1. The Balaban J connectivity index is 3.87. The molecule has 0 aliphatic heterocycles. The second-order valence-electron chi connectivity index (χ2n) is 4.27. The summed E-state index contributed by atoms with van der Waals surface area (Å²) in [5.41, 5.74) is -0.469. The van der Waals surface area contributed by atoms with E-state index in [1.165, 1.54) is 0 Å². The molecule has 0 aromatic heterocycles. The molecule has 1 atom stereocenters. The van der Waals surface area contributed by atoms with Crippen molar-refractivity contribution in [3.63, 3.8) is 0 Å². The van der Waals surface area contributed by atoms with E-state index in [4.69, 9.17) is 11.2 Å². The van der Waals surface area contributed by atoms with Gasteiger partial charge in [0.25, 0.3) is 0 Å². The standard InChI is InChI=1S/C12H22N2O2/c1-6-12(3,4)14-10(2)11(15)13-8-7-9-16-5/h1,10,14H,7-9H2,2-5H3,(H,13,15). The summed E-state index contributed by atoms with van der Waals surface area (Å²) in [7, 11) is 1.64. The Labute approximate surface area is 98.1 Å². The Bertz CT molecular complexity index is 256. The molecule has 92 valence electrons. The minimum Gasteiger partial charge on any atom is -0.385 e. The fraction of sp³-hybridized carbons (Fsp3) is 0.750. The quantitative estimate of drug-likeness (QED) is 0.492. The summed E-state index contributed by atoms with van der Waals surface area (Å²) in [6.45, 7) is 6.79. The van der Waals surface area contributed by atoms with Crippen LogP contribution in [0.1, 0.15) is 27.2 Å². The lowest BCUT2D eigenvalue weighted by Gasteiger charge is -2.24. The third-order valence-corrected chi connectivity index (χ3v) is 2.16. The van der Waals surface area contributed by atoms with Crippen molar-refractivity contribution in [1.29, 1.82) is 0 Å². The highest BCUT2D eigenvalue weighted by Crippen LogP contribution is 2.01. The number of hydrogen-bond acceptors (Lipinski definition) is 3. The van der Waals surface area contributed by atoms with E-state index in [0.717, 1.165) is 6.42 Å². The lowest BCUT2D eigenvalue weighted by Crippen LogP contribution is -2.51. The first-order valence-electron chi connectivity index (χ1n) is 5.45. The van der Waals surface area contributed by atoms with Crippen molar-refractivity contribution in [1.82, 2.24) is 10.6 Å². The van der Waals surface area contributed by atoms with Gasteiger partial charge in [0.2, 0.25) is 5.91 Å². The smallest absolute Gasteiger partial charge is 0.236 e. The summed E-state index contributed by atoms with van der Waals surface area (Å²) in [6, 6.07) is -0.298. The van der Waals surface area contributed by atoms with E-state index in [0.29, 0.717) is 13.2 Å². The number of rotatable bonds is 7. The van der Waals surface area contributed by atoms with Crippen molar-refractivity contribution in [3.05, 3.63) is 0 Å². The number of nitrogens with one attached hydrogen (secondary N) is 2. The average Bonchev–Trinajstić information content (AvgIpc) is 2.23. The van der Waals surface area contributed by atoms with E-state index in [1.807, 2.05) is 13.8 Å². The fourth-order valence-electron chi connectivity index (χ4n) is 1.23. The van der Waals surface area contributed by atoms with Crippen molar-refractivity contribution in [2.45, 2.75) is 38.8 Å². The zero-order valence-electron chi connectivity index (χ0n) is 10.6. The summed E-state index contributed by atoms with van der Waals surface area (Å²) in [6.07, 6.45) is 6.15. The second kappa shape index (κ2) is 7.26. The first kappa shape index (κ1) is 14.9. The van der Waals surface area contributed by atoms with Gasteiger partial charge in [0.05, 0.1) is 11.6 Å². The second-order valence-corrected chi connectivity index (χ2v) is 4.27. The van der Waals surface area contributed by atoms with Gasteiger partial charge in [-0.2, -0.15) is 0 Å². The van der Waals surface area contributed by atoms with Crippen LogP contribution in [0, 0.1) is 12.3 Å². The average molecular weight is 226 g/mol. The van der Waals surface area contributed by atoms with Crippen LogP contribution in [-0.4, -0.2) is 37.7 Å². The molecule has 0 rings (SSSR count). The summed E-state index contributed by atoms with van der Waals surface area (Å²) in [4.78, 5) is 11.6. The maximum atomic E-state index is 11.6. The zero-order valence-corrected chi connectivity index (χ0v) is 10.6. The van der Waals surface area contributed by atoms with E-state index in [-0.39, 0.29) is 11.9 Å². The number of ether oxygens (including phenoxy) is 1. The molecule has 0 heterocycles. The Morgan fingerprint density at radius 3 is 2.69 bits per heavy atom. The van der Waals surface area contributed by atoms with Crippen LogP contribution in [-0.2, 0) is 9.53 Å². The van der Waals surface area contributed by atoms with Gasteiger partial charge in [0, 0.05) is 20.3 Å². The Morgan fingerprint density at radius 2 is 2.19 bits per heavy atom. The first-order chi connectivity index (χ1) is 7.43. The highest BCUT2D eigenvalue weighted by molar-refractivity contribution is 5.81.